The number of hydrogen-bond acceptors (Lipinski definition) is 3. The number of halogens is 1. The molecule has 3 rings (SSSR count). The van der Waals surface area contributed by atoms with Crippen LogP contribution in [0, 0.1) is 5.82 Å². The van der Waals surface area contributed by atoms with Gasteiger partial charge in [-0.15, -0.1) is 0 Å². The molecule has 0 aliphatic heterocycles. The highest BCUT2D eigenvalue weighted by molar-refractivity contribution is 5.70. The molecule has 0 radical (unpaired) electrons. The second-order valence-corrected chi connectivity index (χ2v) is 5.56. The second-order valence-electron chi connectivity index (χ2n) is 5.56. The zero-order valence-corrected chi connectivity index (χ0v) is 13.6. The smallest absolute Gasteiger partial charge is 0.407 e. The van der Waals surface area contributed by atoms with Crippen molar-refractivity contribution >= 4 is 6.09 Å². The molecule has 2 aromatic carbocycles. The van der Waals surface area contributed by atoms with Crippen LogP contribution in [0.15, 0.2) is 67.0 Å². The van der Waals surface area contributed by atoms with Crippen molar-refractivity contribution in [3.05, 3.63) is 83.9 Å². The lowest BCUT2D eigenvalue weighted by atomic mass is 10.1. The van der Waals surface area contributed by atoms with E-state index in [1.54, 1.807) is 16.9 Å². The molecule has 6 heteroatoms. The Balaban J connectivity index is 1.45. The van der Waals surface area contributed by atoms with Crippen molar-refractivity contribution in [1.82, 2.24) is 15.1 Å². The first-order valence-electron chi connectivity index (χ1n) is 7.95. The standard InChI is InChI=1S/C19H18FN3O2/c20-17-8-4-7-15(11-17)9-10-21-19(24)25-18-12-22-23(14-18)13-16-5-2-1-3-6-16/h1-8,11-12,14H,9-10,13H2,(H,21,24). The molecule has 0 spiro atoms. The van der Waals surface area contributed by atoms with Crippen LogP contribution < -0.4 is 10.1 Å². The first-order chi connectivity index (χ1) is 12.2. The first-order valence-corrected chi connectivity index (χ1v) is 7.95. The third kappa shape index (κ3) is 5.17. The van der Waals surface area contributed by atoms with Crippen molar-refractivity contribution in [2.45, 2.75) is 13.0 Å². The number of hydrogen-bond donors (Lipinski definition) is 1. The number of ether oxygens (including phenoxy) is 1. The van der Waals surface area contributed by atoms with Gasteiger partial charge in [-0.2, -0.15) is 5.10 Å². The van der Waals surface area contributed by atoms with Crippen LogP contribution >= 0.6 is 0 Å². The Hall–Kier alpha value is -3.15. The molecule has 128 valence electrons. The van der Waals surface area contributed by atoms with Gasteiger partial charge in [-0.1, -0.05) is 42.5 Å². The lowest BCUT2D eigenvalue weighted by Crippen LogP contribution is -2.28. The van der Waals surface area contributed by atoms with Gasteiger partial charge in [0, 0.05) is 6.54 Å². The Kier molecular flexibility index (Phi) is 5.41. The Bertz CT molecular complexity index is 833. The average Bonchev–Trinajstić information content (AvgIpc) is 3.02. The van der Waals surface area contributed by atoms with Crippen LogP contribution in [0.25, 0.3) is 0 Å². The molecular formula is C19H18FN3O2. The van der Waals surface area contributed by atoms with Crippen LogP contribution in [0.2, 0.25) is 0 Å². The summed E-state index contributed by atoms with van der Waals surface area (Å²) in [5, 5.41) is 6.81. The normalized spacial score (nSPS) is 10.4. The molecule has 0 aliphatic rings. The molecule has 25 heavy (non-hydrogen) atoms. The fourth-order valence-electron chi connectivity index (χ4n) is 2.40. The molecule has 0 saturated carbocycles. The highest BCUT2D eigenvalue weighted by atomic mass is 19.1. The third-order valence-electron chi connectivity index (χ3n) is 3.58. The zero-order chi connectivity index (χ0) is 17.5. The van der Waals surface area contributed by atoms with E-state index in [4.69, 9.17) is 4.74 Å². The molecule has 1 aromatic heterocycles. The minimum Gasteiger partial charge on any atom is -0.407 e. The van der Waals surface area contributed by atoms with Gasteiger partial charge in [0.25, 0.3) is 0 Å². The van der Waals surface area contributed by atoms with E-state index in [9.17, 15) is 9.18 Å². The highest BCUT2D eigenvalue weighted by Crippen LogP contribution is 2.10. The lowest BCUT2D eigenvalue weighted by Gasteiger charge is -2.05. The molecule has 0 unspecified atom stereocenters. The van der Waals surface area contributed by atoms with E-state index < -0.39 is 6.09 Å². The van der Waals surface area contributed by atoms with Crippen LogP contribution in [0.5, 0.6) is 5.75 Å². The number of rotatable bonds is 6. The molecular weight excluding hydrogens is 321 g/mol. The molecule has 3 aromatic rings. The average molecular weight is 339 g/mol. The zero-order valence-electron chi connectivity index (χ0n) is 13.6. The van der Waals surface area contributed by atoms with Crippen LogP contribution in [0.1, 0.15) is 11.1 Å². The molecule has 0 fully saturated rings. The van der Waals surface area contributed by atoms with Gasteiger partial charge >= 0.3 is 6.09 Å². The highest BCUT2D eigenvalue weighted by Gasteiger charge is 2.07. The number of nitrogens with one attached hydrogen (secondary N) is 1. The van der Waals surface area contributed by atoms with Gasteiger partial charge in [-0.3, -0.25) is 4.68 Å². The van der Waals surface area contributed by atoms with Gasteiger partial charge in [0.1, 0.15) is 5.82 Å². The quantitative estimate of drug-likeness (QED) is 0.749. The predicted octanol–water partition coefficient (Wildman–Crippen LogP) is 3.40. The summed E-state index contributed by atoms with van der Waals surface area (Å²) < 4.78 is 20.0. The molecule has 1 N–H and O–H groups in total. The SMILES string of the molecule is O=C(NCCc1cccc(F)c1)Oc1cnn(Cc2ccccc2)c1. The molecule has 1 heterocycles. The number of carbonyl (C=O) groups excluding carboxylic acids is 1. The topological polar surface area (TPSA) is 56.1 Å². The maximum atomic E-state index is 13.1. The van der Waals surface area contributed by atoms with E-state index in [1.807, 2.05) is 36.4 Å². The Morgan fingerprint density at radius 2 is 1.92 bits per heavy atom. The van der Waals surface area contributed by atoms with Gasteiger partial charge in [-0.05, 0) is 29.7 Å². The number of benzene rings is 2. The number of amides is 1. The van der Waals surface area contributed by atoms with E-state index in [2.05, 4.69) is 10.4 Å². The lowest BCUT2D eigenvalue weighted by molar-refractivity contribution is 0.200. The van der Waals surface area contributed by atoms with Crippen LogP contribution in [-0.2, 0) is 13.0 Å². The summed E-state index contributed by atoms with van der Waals surface area (Å²) in [5.74, 6) is 0.0880. The van der Waals surface area contributed by atoms with Crippen molar-refractivity contribution in [1.29, 1.82) is 0 Å². The Morgan fingerprint density at radius 1 is 1.12 bits per heavy atom. The van der Waals surface area contributed by atoms with E-state index in [-0.39, 0.29) is 5.82 Å². The van der Waals surface area contributed by atoms with Crippen LogP contribution in [0.4, 0.5) is 9.18 Å². The second kappa shape index (κ2) is 8.10. The van der Waals surface area contributed by atoms with Gasteiger partial charge in [0.2, 0.25) is 0 Å². The third-order valence-corrected chi connectivity index (χ3v) is 3.58. The van der Waals surface area contributed by atoms with E-state index >= 15 is 0 Å². The molecule has 1 amide bonds. The summed E-state index contributed by atoms with van der Waals surface area (Å²) in [7, 11) is 0. The van der Waals surface area contributed by atoms with Crippen molar-refractivity contribution in [3.63, 3.8) is 0 Å². The summed E-state index contributed by atoms with van der Waals surface area (Å²) in [5.41, 5.74) is 1.92. The number of carbonyl (C=O) groups is 1. The van der Waals surface area contributed by atoms with Crippen molar-refractivity contribution in [2.75, 3.05) is 6.54 Å². The monoisotopic (exact) mass is 339 g/mol. The van der Waals surface area contributed by atoms with Gasteiger partial charge < -0.3 is 10.1 Å². The van der Waals surface area contributed by atoms with Crippen LogP contribution in [-0.4, -0.2) is 22.4 Å². The summed E-state index contributed by atoms with van der Waals surface area (Å²) in [4.78, 5) is 11.8. The van der Waals surface area contributed by atoms with E-state index in [1.165, 1.54) is 18.3 Å². The summed E-state index contributed by atoms with van der Waals surface area (Å²) in [6.45, 7) is 0.964. The maximum Gasteiger partial charge on any atom is 0.412 e. The summed E-state index contributed by atoms with van der Waals surface area (Å²) >= 11 is 0. The largest absolute Gasteiger partial charge is 0.412 e. The van der Waals surface area contributed by atoms with Crippen molar-refractivity contribution in [2.24, 2.45) is 0 Å². The Labute approximate surface area is 145 Å². The van der Waals surface area contributed by atoms with E-state index in [0.717, 1.165) is 11.1 Å². The fourth-order valence-corrected chi connectivity index (χ4v) is 2.40. The molecule has 0 saturated heterocycles. The molecule has 0 atom stereocenters. The summed E-state index contributed by atoms with van der Waals surface area (Å²) in [6.07, 6.45) is 3.13. The molecule has 5 nitrogen and oxygen atoms in total. The summed E-state index contributed by atoms with van der Waals surface area (Å²) in [6, 6.07) is 16.2. The molecule has 0 bridgehead atoms. The number of nitrogens with zero attached hydrogens (tertiary/aromatic N) is 2. The Morgan fingerprint density at radius 3 is 2.72 bits per heavy atom. The van der Waals surface area contributed by atoms with Gasteiger partial charge in [0.15, 0.2) is 5.75 Å². The molecule has 0 aliphatic carbocycles. The predicted molar refractivity (Wildman–Crippen MR) is 91.9 cm³/mol. The van der Waals surface area contributed by atoms with Gasteiger partial charge in [0.05, 0.1) is 18.9 Å². The van der Waals surface area contributed by atoms with Crippen LogP contribution in [0.3, 0.4) is 0 Å². The van der Waals surface area contributed by atoms with Crippen molar-refractivity contribution < 1.29 is 13.9 Å². The van der Waals surface area contributed by atoms with Gasteiger partial charge in [-0.25, -0.2) is 9.18 Å². The van der Waals surface area contributed by atoms with Crippen molar-refractivity contribution in [3.8, 4) is 5.75 Å². The first kappa shape index (κ1) is 16.7. The maximum absolute atomic E-state index is 13.1. The fraction of sp³-hybridized carbons (Fsp3) is 0.158. The number of aromatic nitrogens is 2. The van der Waals surface area contributed by atoms with E-state index in [0.29, 0.717) is 25.3 Å². The minimum absolute atomic E-state index is 0.286. The minimum atomic E-state index is -0.560.